The SMILES string of the molecule is CCN=Cc1ccc(CC(C)C(=O)O)cc1. The molecule has 3 nitrogen and oxygen atoms in total. The van der Waals surface area contributed by atoms with Gasteiger partial charge in [0.15, 0.2) is 0 Å². The van der Waals surface area contributed by atoms with Crippen LogP contribution in [0.1, 0.15) is 25.0 Å². The fourth-order valence-corrected chi connectivity index (χ4v) is 1.38. The highest BCUT2D eigenvalue weighted by Gasteiger charge is 2.10. The molecule has 16 heavy (non-hydrogen) atoms. The van der Waals surface area contributed by atoms with Gasteiger partial charge in [0.25, 0.3) is 0 Å². The second-order valence-electron chi connectivity index (χ2n) is 3.81. The molecule has 0 heterocycles. The molecule has 0 saturated carbocycles. The Morgan fingerprint density at radius 2 is 2.06 bits per heavy atom. The van der Waals surface area contributed by atoms with Gasteiger partial charge in [-0.3, -0.25) is 9.79 Å². The maximum Gasteiger partial charge on any atom is 0.306 e. The third-order valence-corrected chi connectivity index (χ3v) is 2.37. The van der Waals surface area contributed by atoms with Crippen molar-refractivity contribution in [2.75, 3.05) is 6.54 Å². The van der Waals surface area contributed by atoms with Crippen LogP contribution in [-0.4, -0.2) is 23.8 Å². The number of rotatable bonds is 5. The Balaban J connectivity index is 2.64. The van der Waals surface area contributed by atoms with Gasteiger partial charge in [0.1, 0.15) is 0 Å². The number of carboxylic acid groups (broad SMARTS) is 1. The van der Waals surface area contributed by atoms with Crippen molar-refractivity contribution >= 4 is 12.2 Å². The lowest BCUT2D eigenvalue weighted by atomic mass is 10.0. The number of aliphatic carboxylic acids is 1. The molecule has 3 heteroatoms. The molecule has 0 radical (unpaired) electrons. The van der Waals surface area contributed by atoms with Crippen LogP contribution >= 0.6 is 0 Å². The van der Waals surface area contributed by atoms with Crippen molar-refractivity contribution in [2.24, 2.45) is 10.9 Å². The predicted molar refractivity (Wildman–Crippen MR) is 65.1 cm³/mol. The van der Waals surface area contributed by atoms with Gasteiger partial charge in [0.05, 0.1) is 5.92 Å². The topological polar surface area (TPSA) is 49.7 Å². The summed E-state index contributed by atoms with van der Waals surface area (Å²) in [6.45, 7) is 4.48. The number of hydrogen-bond donors (Lipinski definition) is 1. The van der Waals surface area contributed by atoms with Crippen molar-refractivity contribution in [3.8, 4) is 0 Å². The molecule has 1 aromatic carbocycles. The van der Waals surface area contributed by atoms with E-state index in [4.69, 9.17) is 5.11 Å². The van der Waals surface area contributed by atoms with Crippen molar-refractivity contribution in [1.82, 2.24) is 0 Å². The van der Waals surface area contributed by atoms with Crippen LogP contribution in [0, 0.1) is 5.92 Å². The quantitative estimate of drug-likeness (QED) is 0.773. The minimum Gasteiger partial charge on any atom is -0.481 e. The third-order valence-electron chi connectivity index (χ3n) is 2.37. The van der Waals surface area contributed by atoms with Crippen LogP contribution in [0.25, 0.3) is 0 Å². The molecule has 1 N–H and O–H groups in total. The molecule has 0 aliphatic carbocycles. The highest BCUT2D eigenvalue weighted by molar-refractivity contribution is 5.79. The van der Waals surface area contributed by atoms with E-state index in [0.717, 1.165) is 17.7 Å². The molecule has 0 saturated heterocycles. The number of carboxylic acids is 1. The van der Waals surface area contributed by atoms with Gasteiger partial charge in [-0.25, -0.2) is 0 Å². The zero-order valence-electron chi connectivity index (χ0n) is 9.68. The fraction of sp³-hybridized carbons (Fsp3) is 0.385. The Hall–Kier alpha value is -1.64. The smallest absolute Gasteiger partial charge is 0.306 e. The van der Waals surface area contributed by atoms with Crippen LogP contribution in [0.3, 0.4) is 0 Å². The van der Waals surface area contributed by atoms with Crippen LogP contribution < -0.4 is 0 Å². The van der Waals surface area contributed by atoms with Gasteiger partial charge in [0, 0.05) is 12.8 Å². The summed E-state index contributed by atoms with van der Waals surface area (Å²) in [6, 6.07) is 7.83. The fourth-order valence-electron chi connectivity index (χ4n) is 1.38. The Bertz CT molecular complexity index is 368. The van der Waals surface area contributed by atoms with Crippen molar-refractivity contribution in [3.63, 3.8) is 0 Å². The van der Waals surface area contributed by atoms with Gasteiger partial charge in [-0.15, -0.1) is 0 Å². The van der Waals surface area contributed by atoms with Crippen molar-refractivity contribution < 1.29 is 9.90 Å². The maximum atomic E-state index is 10.7. The average molecular weight is 219 g/mol. The largest absolute Gasteiger partial charge is 0.481 e. The Morgan fingerprint density at radius 3 is 2.56 bits per heavy atom. The molecular weight excluding hydrogens is 202 g/mol. The molecule has 1 unspecified atom stereocenters. The normalized spacial score (nSPS) is 12.9. The van der Waals surface area contributed by atoms with Crippen molar-refractivity contribution in [3.05, 3.63) is 35.4 Å². The van der Waals surface area contributed by atoms with Gasteiger partial charge >= 0.3 is 5.97 Å². The van der Waals surface area contributed by atoms with E-state index < -0.39 is 5.97 Å². The summed E-state index contributed by atoms with van der Waals surface area (Å²) in [5.41, 5.74) is 2.09. The monoisotopic (exact) mass is 219 g/mol. The van der Waals surface area contributed by atoms with E-state index in [1.165, 1.54) is 0 Å². The Labute approximate surface area is 95.8 Å². The first kappa shape index (κ1) is 12.4. The first-order valence-corrected chi connectivity index (χ1v) is 5.45. The highest BCUT2D eigenvalue weighted by Crippen LogP contribution is 2.09. The van der Waals surface area contributed by atoms with Gasteiger partial charge in [0.2, 0.25) is 0 Å². The number of aliphatic imine (C=N–C) groups is 1. The van der Waals surface area contributed by atoms with E-state index in [2.05, 4.69) is 4.99 Å². The summed E-state index contributed by atoms with van der Waals surface area (Å²) in [4.78, 5) is 14.8. The van der Waals surface area contributed by atoms with E-state index in [1.54, 1.807) is 6.92 Å². The molecular formula is C13H17NO2. The zero-order chi connectivity index (χ0) is 12.0. The molecule has 0 amide bonds. The van der Waals surface area contributed by atoms with Crippen LogP contribution in [0.15, 0.2) is 29.3 Å². The van der Waals surface area contributed by atoms with Crippen molar-refractivity contribution in [1.29, 1.82) is 0 Å². The number of hydrogen-bond acceptors (Lipinski definition) is 2. The van der Waals surface area contributed by atoms with Gasteiger partial charge in [-0.1, -0.05) is 31.2 Å². The zero-order valence-corrected chi connectivity index (χ0v) is 9.68. The van der Waals surface area contributed by atoms with Crippen LogP contribution in [0.2, 0.25) is 0 Å². The minimum atomic E-state index is -0.753. The van der Waals surface area contributed by atoms with Gasteiger partial charge < -0.3 is 5.11 Å². The number of nitrogens with zero attached hydrogens (tertiary/aromatic N) is 1. The first-order valence-electron chi connectivity index (χ1n) is 5.45. The molecule has 1 atom stereocenters. The summed E-state index contributed by atoms with van der Waals surface area (Å²) in [7, 11) is 0. The summed E-state index contributed by atoms with van der Waals surface area (Å²) in [5, 5.41) is 8.79. The lowest BCUT2D eigenvalue weighted by Gasteiger charge is -2.05. The third kappa shape index (κ3) is 3.85. The summed E-state index contributed by atoms with van der Waals surface area (Å²) >= 11 is 0. The van der Waals surface area contributed by atoms with E-state index in [-0.39, 0.29) is 5.92 Å². The van der Waals surface area contributed by atoms with E-state index >= 15 is 0 Å². The molecule has 1 rings (SSSR count). The van der Waals surface area contributed by atoms with E-state index in [0.29, 0.717) is 6.42 Å². The standard InChI is InChI=1S/C13H17NO2/c1-3-14-9-12-6-4-11(5-7-12)8-10(2)13(15)16/h4-7,9-10H,3,8H2,1-2H3,(H,15,16). The molecule has 0 aliphatic rings. The molecule has 0 bridgehead atoms. The summed E-state index contributed by atoms with van der Waals surface area (Å²) in [6.07, 6.45) is 2.39. The van der Waals surface area contributed by atoms with E-state index in [9.17, 15) is 4.79 Å². The van der Waals surface area contributed by atoms with Crippen LogP contribution in [0.4, 0.5) is 0 Å². The predicted octanol–water partition coefficient (Wildman–Crippen LogP) is 2.39. The van der Waals surface area contributed by atoms with Gasteiger partial charge in [-0.2, -0.15) is 0 Å². The van der Waals surface area contributed by atoms with Crippen molar-refractivity contribution in [2.45, 2.75) is 20.3 Å². The van der Waals surface area contributed by atoms with E-state index in [1.807, 2.05) is 37.4 Å². The summed E-state index contributed by atoms with van der Waals surface area (Å²) < 4.78 is 0. The highest BCUT2D eigenvalue weighted by atomic mass is 16.4. The maximum absolute atomic E-state index is 10.7. The molecule has 0 spiro atoms. The average Bonchev–Trinajstić information content (AvgIpc) is 2.28. The Morgan fingerprint density at radius 1 is 1.44 bits per heavy atom. The number of carbonyl (C=O) groups is 1. The molecule has 0 aliphatic heterocycles. The van der Waals surface area contributed by atoms with Crippen LogP contribution in [-0.2, 0) is 11.2 Å². The summed E-state index contributed by atoms with van der Waals surface area (Å²) in [5.74, 6) is -1.09. The van der Waals surface area contributed by atoms with Crippen LogP contribution in [0.5, 0.6) is 0 Å². The first-order chi connectivity index (χ1) is 7.63. The molecule has 86 valence electrons. The molecule has 1 aromatic rings. The lowest BCUT2D eigenvalue weighted by Crippen LogP contribution is -2.12. The number of benzene rings is 1. The molecule has 0 fully saturated rings. The lowest BCUT2D eigenvalue weighted by molar-refractivity contribution is -0.141. The second-order valence-corrected chi connectivity index (χ2v) is 3.81. The molecule has 0 aromatic heterocycles. The Kier molecular flexibility index (Phi) is 4.70. The van der Waals surface area contributed by atoms with Gasteiger partial charge in [-0.05, 0) is 24.5 Å². The second kappa shape index (κ2) is 6.05. The minimum absolute atomic E-state index is 0.338.